The Morgan fingerprint density at radius 1 is 1.04 bits per heavy atom. The van der Waals surface area contributed by atoms with Gasteiger partial charge in [-0.1, -0.05) is 30.7 Å². The van der Waals surface area contributed by atoms with E-state index in [1.165, 1.54) is 0 Å². The van der Waals surface area contributed by atoms with Crippen molar-refractivity contribution >= 4 is 11.6 Å². The van der Waals surface area contributed by atoms with Crippen molar-refractivity contribution in [3.63, 3.8) is 0 Å². The Balaban J connectivity index is 1.88. The van der Waals surface area contributed by atoms with Crippen LogP contribution >= 0.6 is 0 Å². The number of carbonyl (C=O) groups excluding carboxylic acids is 1. The molecule has 3 aromatic rings. The summed E-state index contributed by atoms with van der Waals surface area (Å²) in [5, 5.41) is 11.0. The second kappa shape index (κ2) is 6.44. The summed E-state index contributed by atoms with van der Waals surface area (Å²) in [7, 11) is 0. The lowest BCUT2D eigenvalue weighted by Crippen LogP contribution is -2.09. The highest BCUT2D eigenvalue weighted by atomic mass is 16.4. The summed E-state index contributed by atoms with van der Waals surface area (Å²) < 4.78 is 5.76. The van der Waals surface area contributed by atoms with Gasteiger partial charge in [0, 0.05) is 23.2 Å². The third-order valence-corrected chi connectivity index (χ3v) is 3.40. The molecule has 0 spiro atoms. The zero-order chi connectivity index (χ0) is 16.2. The van der Waals surface area contributed by atoms with Crippen molar-refractivity contribution in [2.75, 3.05) is 5.32 Å². The van der Waals surface area contributed by atoms with E-state index < -0.39 is 0 Å². The van der Waals surface area contributed by atoms with Gasteiger partial charge >= 0.3 is 0 Å². The van der Waals surface area contributed by atoms with Crippen molar-refractivity contribution < 1.29 is 9.21 Å². The maximum atomic E-state index is 11.5. The number of amides is 1. The van der Waals surface area contributed by atoms with Crippen molar-refractivity contribution in [3.8, 4) is 22.9 Å². The topological polar surface area (TPSA) is 68.0 Å². The molecule has 3 rings (SSSR count). The van der Waals surface area contributed by atoms with Crippen molar-refractivity contribution in [1.29, 1.82) is 0 Å². The number of hydrogen-bond donors (Lipinski definition) is 1. The molecule has 1 heterocycles. The maximum Gasteiger partial charge on any atom is 0.248 e. The molecule has 0 bridgehead atoms. The lowest BCUT2D eigenvalue weighted by Gasteiger charge is -2.04. The predicted molar refractivity (Wildman–Crippen MR) is 88.8 cm³/mol. The van der Waals surface area contributed by atoms with E-state index in [1.807, 2.05) is 62.4 Å². The minimum Gasteiger partial charge on any atom is -0.416 e. The number of hydrogen-bond acceptors (Lipinski definition) is 4. The van der Waals surface area contributed by atoms with E-state index >= 15 is 0 Å². The monoisotopic (exact) mass is 307 g/mol. The SMILES string of the molecule is CCC(=O)Nc1cccc(-c2nnc(-c3cccc(C)c3)o2)c1. The Kier molecular flexibility index (Phi) is 4.19. The van der Waals surface area contributed by atoms with Crippen LogP contribution in [0.25, 0.3) is 22.9 Å². The fourth-order valence-electron chi connectivity index (χ4n) is 2.21. The number of carbonyl (C=O) groups is 1. The minimum atomic E-state index is -0.0341. The van der Waals surface area contributed by atoms with Crippen LogP contribution in [0, 0.1) is 6.92 Å². The Bertz CT molecular complexity index is 840. The van der Waals surface area contributed by atoms with Crippen LogP contribution in [0.4, 0.5) is 5.69 Å². The molecule has 0 saturated heterocycles. The Morgan fingerprint density at radius 2 is 1.70 bits per heavy atom. The molecule has 116 valence electrons. The molecule has 0 unspecified atom stereocenters. The van der Waals surface area contributed by atoms with Gasteiger partial charge in [0.2, 0.25) is 17.7 Å². The summed E-state index contributed by atoms with van der Waals surface area (Å²) in [5.74, 6) is 0.869. The molecule has 0 aliphatic carbocycles. The summed E-state index contributed by atoms with van der Waals surface area (Å²) in [5.41, 5.74) is 3.50. The first-order valence-electron chi connectivity index (χ1n) is 7.46. The number of anilines is 1. The zero-order valence-electron chi connectivity index (χ0n) is 13.0. The van der Waals surface area contributed by atoms with Gasteiger partial charge in [-0.3, -0.25) is 4.79 Å². The summed E-state index contributed by atoms with van der Waals surface area (Å²) in [6, 6.07) is 15.3. The van der Waals surface area contributed by atoms with Crippen LogP contribution < -0.4 is 5.32 Å². The van der Waals surface area contributed by atoms with Crippen LogP contribution in [-0.4, -0.2) is 16.1 Å². The van der Waals surface area contributed by atoms with Gasteiger partial charge in [-0.2, -0.15) is 0 Å². The lowest BCUT2D eigenvalue weighted by molar-refractivity contribution is -0.115. The van der Waals surface area contributed by atoms with Crippen LogP contribution in [-0.2, 0) is 4.79 Å². The fraction of sp³-hybridized carbons (Fsp3) is 0.167. The smallest absolute Gasteiger partial charge is 0.248 e. The number of benzene rings is 2. The van der Waals surface area contributed by atoms with Gasteiger partial charge in [-0.15, -0.1) is 10.2 Å². The first kappa shape index (κ1) is 15.0. The van der Waals surface area contributed by atoms with E-state index in [1.54, 1.807) is 0 Å². The molecule has 0 aliphatic heterocycles. The van der Waals surface area contributed by atoms with E-state index in [9.17, 15) is 4.79 Å². The average molecular weight is 307 g/mol. The highest BCUT2D eigenvalue weighted by molar-refractivity contribution is 5.91. The van der Waals surface area contributed by atoms with Crippen molar-refractivity contribution in [3.05, 3.63) is 54.1 Å². The van der Waals surface area contributed by atoms with Gasteiger partial charge in [0.15, 0.2) is 0 Å². The van der Waals surface area contributed by atoms with E-state index in [0.717, 1.165) is 16.7 Å². The lowest BCUT2D eigenvalue weighted by atomic mass is 10.1. The molecule has 5 nitrogen and oxygen atoms in total. The first-order valence-corrected chi connectivity index (χ1v) is 7.46. The summed E-state index contributed by atoms with van der Waals surface area (Å²) in [6.07, 6.45) is 0.433. The van der Waals surface area contributed by atoms with Gasteiger partial charge in [0.25, 0.3) is 0 Å². The normalized spacial score (nSPS) is 10.5. The first-order chi connectivity index (χ1) is 11.2. The third kappa shape index (κ3) is 3.45. The maximum absolute atomic E-state index is 11.5. The van der Waals surface area contributed by atoms with E-state index in [0.29, 0.717) is 23.9 Å². The van der Waals surface area contributed by atoms with Gasteiger partial charge in [0.1, 0.15) is 0 Å². The van der Waals surface area contributed by atoms with Gasteiger partial charge in [0.05, 0.1) is 0 Å². The fourth-order valence-corrected chi connectivity index (χ4v) is 2.21. The van der Waals surface area contributed by atoms with Crippen LogP contribution in [0.1, 0.15) is 18.9 Å². The molecule has 1 N–H and O–H groups in total. The second-order valence-electron chi connectivity index (χ2n) is 5.26. The molecule has 23 heavy (non-hydrogen) atoms. The Morgan fingerprint density at radius 3 is 2.35 bits per heavy atom. The second-order valence-corrected chi connectivity index (χ2v) is 5.26. The highest BCUT2D eigenvalue weighted by Gasteiger charge is 2.11. The van der Waals surface area contributed by atoms with Crippen LogP contribution in [0.2, 0.25) is 0 Å². The quantitative estimate of drug-likeness (QED) is 0.789. The van der Waals surface area contributed by atoms with Crippen LogP contribution in [0.3, 0.4) is 0 Å². The average Bonchev–Trinajstić information content (AvgIpc) is 3.05. The number of rotatable bonds is 4. The molecule has 0 radical (unpaired) electrons. The number of aryl methyl sites for hydroxylation is 1. The Hall–Kier alpha value is -2.95. The molecule has 1 aromatic heterocycles. The van der Waals surface area contributed by atoms with Gasteiger partial charge in [-0.05, 0) is 37.3 Å². The number of nitrogens with zero attached hydrogens (tertiary/aromatic N) is 2. The van der Waals surface area contributed by atoms with E-state index in [4.69, 9.17) is 4.42 Å². The number of aromatic nitrogens is 2. The summed E-state index contributed by atoms with van der Waals surface area (Å²) in [6.45, 7) is 3.83. The molecule has 0 saturated carbocycles. The molecule has 1 amide bonds. The zero-order valence-corrected chi connectivity index (χ0v) is 13.0. The molecule has 5 heteroatoms. The molecule has 0 aliphatic rings. The summed E-state index contributed by atoms with van der Waals surface area (Å²) >= 11 is 0. The highest BCUT2D eigenvalue weighted by Crippen LogP contribution is 2.26. The predicted octanol–water partition coefficient (Wildman–Crippen LogP) is 4.06. The van der Waals surface area contributed by atoms with Gasteiger partial charge < -0.3 is 9.73 Å². The molecule has 0 fully saturated rings. The number of nitrogens with one attached hydrogen (secondary N) is 1. The van der Waals surface area contributed by atoms with Crippen LogP contribution in [0.15, 0.2) is 52.9 Å². The van der Waals surface area contributed by atoms with Gasteiger partial charge in [-0.25, -0.2) is 0 Å². The molecule has 0 atom stereocenters. The Labute approximate surface area is 134 Å². The van der Waals surface area contributed by atoms with E-state index in [2.05, 4.69) is 15.5 Å². The van der Waals surface area contributed by atoms with Crippen molar-refractivity contribution in [1.82, 2.24) is 10.2 Å². The van der Waals surface area contributed by atoms with Crippen molar-refractivity contribution in [2.45, 2.75) is 20.3 Å². The van der Waals surface area contributed by atoms with Crippen LogP contribution in [0.5, 0.6) is 0 Å². The molecule has 2 aromatic carbocycles. The summed E-state index contributed by atoms with van der Waals surface area (Å²) in [4.78, 5) is 11.5. The minimum absolute atomic E-state index is 0.0341. The standard InChI is InChI=1S/C18H17N3O2/c1-3-16(22)19-15-9-5-8-14(11-15)18-21-20-17(23-18)13-7-4-6-12(2)10-13/h4-11H,3H2,1-2H3,(H,19,22). The largest absolute Gasteiger partial charge is 0.416 e. The van der Waals surface area contributed by atoms with Crippen molar-refractivity contribution in [2.24, 2.45) is 0 Å². The molecular formula is C18H17N3O2. The molecular weight excluding hydrogens is 290 g/mol. The third-order valence-electron chi connectivity index (χ3n) is 3.40. The van der Waals surface area contributed by atoms with E-state index in [-0.39, 0.29) is 5.91 Å².